The maximum atomic E-state index is 6.42. The van der Waals surface area contributed by atoms with Crippen LogP contribution in [0.1, 0.15) is 61.4 Å². The standard InChI is InChI=1S/C17H24N4/c1-13-19-20-17(21(13)15-10-6-3-7-11-15)16(18)12-14-8-4-2-5-9-14/h2,4-5,8-9,15-16H,3,6-7,10-12,18H2,1H3/t16-/m1/s1. The van der Waals surface area contributed by atoms with Gasteiger partial charge in [0.05, 0.1) is 6.04 Å². The molecule has 1 aliphatic carbocycles. The van der Waals surface area contributed by atoms with Gasteiger partial charge in [0.1, 0.15) is 5.82 Å². The number of aryl methyl sites for hydroxylation is 1. The molecule has 1 saturated carbocycles. The number of hydrogen-bond donors (Lipinski definition) is 1. The van der Waals surface area contributed by atoms with Crippen LogP contribution in [0.5, 0.6) is 0 Å². The highest BCUT2D eigenvalue weighted by molar-refractivity contribution is 5.17. The zero-order chi connectivity index (χ0) is 14.7. The van der Waals surface area contributed by atoms with E-state index in [1.165, 1.54) is 37.7 Å². The molecule has 4 heteroatoms. The van der Waals surface area contributed by atoms with Gasteiger partial charge in [-0.3, -0.25) is 0 Å². The fraction of sp³-hybridized carbons (Fsp3) is 0.529. The van der Waals surface area contributed by atoms with Crippen LogP contribution in [0.25, 0.3) is 0 Å². The molecule has 0 amide bonds. The first-order valence-electron chi connectivity index (χ1n) is 7.96. The van der Waals surface area contributed by atoms with Gasteiger partial charge in [-0.25, -0.2) is 0 Å². The molecule has 0 bridgehead atoms. The molecule has 2 N–H and O–H groups in total. The van der Waals surface area contributed by atoms with Gasteiger partial charge in [-0.15, -0.1) is 10.2 Å². The van der Waals surface area contributed by atoms with E-state index in [1.807, 2.05) is 13.0 Å². The monoisotopic (exact) mass is 284 g/mol. The van der Waals surface area contributed by atoms with Crippen LogP contribution >= 0.6 is 0 Å². The van der Waals surface area contributed by atoms with E-state index in [-0.39, 0.29) is 6.04 Å². The molecule has 0 radical (unpaired) electrons. The summed E-state index contributed by atoms with van der Waals surface area (Å²) in [5.74, 6) is 1.95. The second kappa shape index (κ2) is 6.39. The van der Waals surface area contributed by atoms with Crippen LogP contribution in [0, 0.1) is 6.92 Å². The van der Waals surface area contributed by atoms with E-state index in [2.05, 4.69) is 39.0 Å². The Bertz CT molecular complexity index is 570. The summed E-state index contributed by atoms with van der Waals surface area (Å²) < 4.78 is 2.30. The van der Waals surface area contributed by atoms with E-state index in [4.69, 9.17) is 5.73 Å². The van der Waals surface area contributed by atoms with Crippen molar-refractivity contribution in [3.05, 3.63) is 47.5 Å². The number of aromatic nitrogens is 3. The summed E-state index contributed by atoms with van der Waals surface area (Å²) in [5.41, 5.74) is 7.68. The molecule has 0 spiro atoms. The summed E-state index contributed by atoms with van der Waals surface area (Å²) >= 11 is 0. The lowest BCUT2D eigenvalue weighted by Gasteiger charge is -2.26. The average molecular weight is 284 g/mol. The molecule has 0 aliphatic heterocycles. The Morgan fingerprint density at radius 3 is 2.57 bits per heavy atom. The van der Waals surface area contributed by atoms with E-state index in [0.717, 1.165) is 18.1 Å². The number of benzene rings is 1. The van der Waals surface area contributed by atoms with Crippen molar-refractivity contribution in [2.24, 2.45) is 5.73 Å². The van der Waals surface area contributed by atoms with Crippen molar-refractivity contribution in [2.45, 2.75) is 57.5 Å². The molecular weight excluding hydrogens is 260 g/mol. The zero-order valence-corrected chi connectivity index (χ0v) is 12.7. The predicted molar refractivity (Wildman–Crippen MR) is 84.0 cm³/mol. The van der Waals surface area contributed by atoms with Gasteiger partial charge in [0.2, 0.25) is 0 Å². The summed E-state index contributed by atoms with van der Waals surface area (Å²) in [6.07, 6.45) is 7.22. The first-order valence-corrected chi connectivity index (χ1v) is 7.96. The average Bonchev–Trinajstić information content (AvgIpc) is 2.91. The maximum Gasteiger partial charge on any atom is 0.150 e. The summed E-state index contributed by atoms with van der Waals surface area (Å²) in [7, 11) is 0. The summed E-state index contributed by atoms with van der Waals surface area (Å²) in [6, 6.07) is 10.8. The predicted octanol–water partition coefficient (Wildman–Crippen LogP) is 3.33. The van der Waals surface area contributed by atoms with E-state index in [9.17, 15) is 0 Å². The summed E-state index contributed by atoms with van der Waals surface area (Å²) in [6.45, 7) is 2.04. The third kappa shape index (κ3) is 3.16. The number of nitrogens with two attached hydrogens (primary N) is 1. The van der Waals surface area contributed by atoms with Gasteiger partial charge in [-0.1, -0.05) is 49.6 Å². The van der Waals surface area contributed by atoms with Gasteiger partial charge >= 0.3 is 0 Å². The lowest BCUT2D eigenvalue weighted by molar-refractivity contribution is 0.335. The van der Waals surface area contributed by atoms with Crippen LogP contribution in [0.4, 0.5) is 0 Å². The fourth-order valence-electron chi connectivity index (χ4n) is 3.39. The molecule has 3 rings (SSSR count). The molecule has 0 unspecified atom stereocenters. The van der Waals surface area contributed by atoms with Crippen molar-refractivity contribution in [3.8, 4) is 0 Å². The van der Waals surface area contributed by atoms with E-state index in [0.29, 0.717) is 6.04 Å². The Balaban J connectivity index is 1.81. The van der Waals surface area contributed by atoms with Crippen LogP contribution in [0.3, 0.4) is 0 Å². The molecule has 21 heavy (non-hydrogen) atoms. The maximum absolute atomic E-state index is 6.42. The smallest absolute Gasteiger partial charge is 0.150 e. The van der Waals surface area contributed by atoms with Crippen LogP contribution in [0.15, 0.2) is 30.3 Å². The SMILES string of the molecule is Cc1nnc([C@H](N)Cc2ccccc2)n1C1CCCCC1. The topological polar surface area (TPSA) is 56.7 Å². The molecule has 1 heterocycles. The zero-order valence-electron chi connectivity index (χ0n) is 12.7. The molecule has 112 valence electrons. The van der Waals surface area contributed by atoms with Crippen molar-refractivity contribution in [3.63, 3.8) is 0 Å². The van der Waals surface area contributed by atoms with Crippen molar-refractivity contribution < 1.29 is 0 Å². The van der Waals surface area contributed by atoms with Crippen molar-refractivity contribution in [1.29, 1.82) is 0 Å². The van der Waals surface area contributed by atoms with E-state index in [1.54, 1.807) is 0 Å². The second-order valence-corrected chi connectivity index (χ2v) is 6.06. The summed E-state index contributed by atoms with van der Waals surface area (Å²) in [5, 5.41) is 8.66. The van der Waals surface area contributed by atoms with Gasteiger partial charge < -0.3 is 10.3 Å². The minimum absolute atomic E-state index is 0.0875. The van der Waals surface area contributed by atoms with Gasteiger partial charge in [0.15, 0.2) is 5.82 Å². The summed E-state index contributed by atoms with van der Waals surface area (Å²) in [4.78, 5) is 0. The van der Waals surface area contributed by atoms with Crippen molar-refractivity contribution in [2.75, 3.05) is 0 Å². The molecule has 1 atom stereocenters. The molecule has 1 aromatic carbocycles. The molecule has 2 aromatic rings. The molecule has 4 nitrogen and oxygen atoms in total. The quantitative estimate of drug-likeness (QED) is 0.937. The van der Waals surface area contributed by atoms with Crippen LogP contribution < -0.4 is 5.73 Å². The number of rotatable bonds is 4. The Morgan fingerprint density at radius 1 is 1.14 bits per heavy atom. The largest absolute Gasteiger partial charge is 0.321 e. The molecule has 1 fully saturated rings. The molecule has 1 aliphatic rings. The normalized spacial score (nSPS) is 17.8. The number of hydrogen-bond acceptors (Lipinski definition) is 3. The Kier molecular flexibility index (Phi) is 4.34. The minimum Gasteiger partial charge on any atom is -0.321 e. The lowest BCUT2D eigenvalue weighted by Crippen LogP contribution is -2.23. The first kappa shape index (κ1) is 14.3. The Hall–Kier alpha value is -1.68. The third-order valence-corrected chi connectivity index (χ3v) is 4.46. The highest BCUT2D eigenvalue weighted by atomic mass is 15.3. The number of nitrogens with zero attached hydrogens (tertiary/aromatic N) is 3. The molecule has 1 aromatic heterocycles. The molecular formula is C17H24N4. The first-order chi connectivity index (χ1) is 10.3. The van der Waals surface area contributed by atoms with Crippen LogP contribution in [-0.2, 0) is 6.42 Å². The fourth-order valence-corrected chi connectivity index (χ4v) is 3.39. The van der Waals surface area contributed by atoms with Crippen molar-refractivity contribution >= 4 is 0 Å². The van der Waals surface area contributed by atoms with Gasteiger partial charge in [-0.2, -0.15) is 0 Å². The van der Waals surface area contributed by atoms with Gasteiger partial charge in [0, 0.05) is 6.04 Å². The molecule has 0 saturated heterocycles. The lowest BCUT2D eigenvalue weighted by atomic mass is 9.94. The Labute approximate surface area is 126 Å². The van der Waals surface area contributed by atoms with E-state index < -0.39 is 0 Å². The van der Waals surface area contributed by atoms with Crippen LogP contribution in [0.2, 0.25) is 0 Å². The van der Waals surface area contributed by atoms with Gasteiger partial charge in [-0.05, 0) is 31.7 Å². The second-order valence-electron chi connectivity index (χ2n) is 6.06. The van der Waals surface area contributed by atoms with Crippen molar-refractivity contribution in [1.82, 2.24) is 14.8 Å². The van der Waals surface area contributed by atoms with Gasteiger partial charge in [0.25, 0.3) is 0 Å². The highest BCUT2D eigenvalue weighted by Gasteiger charge is 2.24. The van der Waals surface area contributed by atoms with E-state index >= 15 is 0 Å². The third-order valence-electron chi connectivity index (χ3n) is 4.46. The van der Waals surface area contributed by atoms with Crippen LogP contribution in [-0.4, -0.2) is 14.8 Å². The minimum atomic E-state index is -0.0875. The highest BCUT2D eigenvalue weighted by Crippen LogP contribution is 2.31. The Morgan fingerprint density at radius 2 is 1.86 bits per heavy atom.